The summed E-state index contributed by atoms with van der Waals surface area (Å²) in [4.78, 5) is 33.9. The molecule has 0 aliphatic rings. The number of aromatic carboxylic acids is 1. The summed E-state index contributed by atoms with van der Waals surface area (Å²) in [7, 11) is 2.66. The van der Waals surface area contributed by atoms with Crippen molar-refractivity contribution >= 4 is 29.3 Å². The highest BCUT2D eigenvalue weighted by Crippen LogP contribution is 2.35. The molecule has 0 aromatic heterocycles. The summed E-state index contributed by atoms with van der Waals surface area (Å²) >= 11 is 0. The Balaban J connectivity index is 2.40. The number of hydrogen-bond donors (Lipinski definition) is 2. The molecule has 0 saturated heterocycles. The Kier molecular flexibility index (Phi) is 6.50. The number of methoxy groups -OCH3 is 2. The summed E-state index contributed by atoms with van der Waals surface area (Å²) in [5.41, 5.74) is -0.528. The number of nitro benzene ring substituents is 1. The van der Waals surface area contributed by atoms with E-state index in [0.717, 1.165) is 12.1 Å². The van der Waals surface area contributed by atoms with Gasteiger partial charge >= 0.3 is 5.97 Å². The van der Waals surface area contributed by atoms with Crippen LogP contribution in [0.5, 0.6) is 11.5 Å². The van der Waals surface area contributed by atoms with E-state index >= 15 is 0 Å². The molecule has 0 radical (unpaired) electrons. The largest absolute Gasteiger partial charge is 0.493 e. The highest BCUT2D eigenvalue weighted by atomic mass is 16.6. The molecule has 1 amide bonds. The lowest BCUT2D eigenvalue weighted by Crippen LogP contribution is -2.13. The van der Waals surface area contributed by atoms with Crippen LogP contribution in [0.4, 0.5) is 11.4 Å². The van der Waals surface area contributed by atoms with Gasteiger partial charge in [-0.15, -0.1) is 0 Å². The second-order valence-electron chi connectivity index (χ2n) is 5.53. The first-order valence-corrected chi connectivity index (χ1v) is 7.97. The first-order chi connectivity index (χ1) is 13.8. The van der Waals surface area contributed by atoms with Crippen LogP contribution in [0.2, 0.25) is 0 Å². The van der Waals surface area contributed by atoms with Gasteiger partial charge in [-0.2, -0.15) is 5.26 Å². The zero-order chi connectivity index (χ0) is 21.6. The van der Waals surface area contributed by atoms with E-state index in [9.17, 15) is 25.0 Å². The number of rotatable bonds is 7. The smallest absolute Gasteiger partial charge is 0.335 e. The van der Waals surface area contributed by atoms with Gasteiger partial charge in [-0.3, -0.25) is 14.9 Å². The van der Waals surface area contributed by atoms with E-state index in [4.69, 9.17) is 14.6 Å². The van der Waals surface area contributed by atoms with Crippen LogP contribution >= 0.6 is 0 Å². The molecule has 29 heavy (non-hydrogen) atoms. The van der Waals surface area contributed by atoms with Crippen molar-refractivity contribution < 1.29 is 29.1 Å². The number of amides is 1. The van der Waals surface area contributed by atoms with E-state index in [1.54, 1.807) is 6.07 Å². The average molecular weight is 397 g/mol. The lowest BCUT2D eigenvalue weighted by molar-refractivity contribution is -0.385. The van der Waals surface area contributed by atoms with Crippen molar-refractivity contribution in [2.75, 3.05) is 19.5 Å². The van der Waals surface area contributed by atoms with Gasteiger partial charge in [0.2, 0.25) is 0 Å². The molecule has 0 spiro atoms. The van der Waals surface area contributed by atoms with Crippen molar-refractivity contribution in [3.8, 4) is 17.6 Å². The zero-order valence-corrected chi connectivity index (χ0v) is 15.3. The highest BCUT2D eigenvalue weighted by Gasteiger charge is 2.20. The number of benzene rings is 2. The highest BCUT2D eigenvalue weighted by molar-refractivity contribution is 6.10. The second kappa shape index (κ2) is 9.01. The predicted molar refractivity (Wildman–Crippen MR) is 102 cm³/mol. The van der Waals surface area contributed by atoms with E-state index in [2.05, 4.69) is 5.32 Å². The summed E-state index contributed by atoms with van der Waals surface area (Å²) < 4.78 is 10.1. The van der Waals surface area contributed by atoms with Gasteiger partial charge in [-0.05, 0) is 36.4 Å². The molecular formula is C19H15N3O7. The molecule has 148 valence electrons. The van der Waals surface area contributed by atoms with Gasteiger partial charge in [0, 0.05) is 5.69 Å². The van der Waals surface area contributed by atoms with E-state index in [1.807, 2.05) is 0 Å². The summed E-state index contributed by atoms with van der Waals surface area (Å²) in [6, 6.07) is 9.38. The number of hydrogen-bond acceptors (Lipinski definition) is 7. The van der Waals surface area contributed by atoms with E-state index in [0.29, 0.717) is 0 Å². The minimum absolute atomic E-state index is 0.0272. The second-order valence-corrected chi connectivity index (χ2v) is 5.53. The Morgan fingerprint density at radius 3 is 2.24 bits per heavy atom. The minimum Gasteiger partial charge on any atom is -0.493 e. The van der Waals surface area contributed by atoms with Crippen molar-refractivity contribution in [1.29, 1.82) is 5.26 Å². The number of carboxylic acid groups (broad SMARTS) is 1. The number of nitrogens with one attached hydrogen (secondary N) is 1. The van der Waals surface area contributed by atoms with Crippen molar-refractivity contribution in [2.24, 2.45) is 0 Å². The van der Waals surface area contributed by atoms with Crippen LogP contribution in [0.15, 0.2) is 42.0 Å². The zero-order valence-electron chi connectivity index (χ0n) is 15.3. The third-order valence-corrected chi connectivity index (χ3v) is 3.78. The molecule has 0 unspecified atom stereocenters. The monoisotopic (exact) mass is 397 g/mol. The lowest BCUT2D eigenvalue weighted by atomic mass is 10.1. The third kappa shape index (κ3) is 4.86. The normalized spacial score (nSPS) is 10.6. The van der Waals surface area contributed by atoms with Crippen LogP contribution in [0.3, 0.4) is 0 Å². The molecule has 2 N–H and O–H groups in total. The molecule has 2 aromatic rings. The molecule has 0 heterocycles. The van der Waals surface area contributed by atoms with E-state index in [-0.39, 0.29) is 34.0 Å². The average Bonchev–Trinajstić information content (AvgIpc) is 2.71. The van der Waals surface area contributed by atoms with Crippen molar-refractivity contribution in [3.05, 3.63) is 63.2 Å². The number of carboxylic acids is 1. The molecule has 0 saturated carbocycles. The number of carbonyl (C=O) groups excluding carboxylic acids is 1. The number of carbonyl (C=O) groups is 2. The maximum atomic E-state index is 12.4. The van der Waals surface area contributed by atoms with Gasteiger partial charge in [-0.25, -0.2) is 4.79 Å². The SMILES string of the molecule is COc1cc(/C=C(\C#N)C(=O)Nc2ccc(C(=O)O)cc2)c([N+](=O)[O-])cc1OC. The van der Waals surface area contributed by atoms with Crippen LogP contribution in [0, 0.1) is 21.4 Å². The Labute approximate surface area is 164 Å². The standard InChI is InChI=1S/C19H15N3O7/c1-28-16-8-12(15(22(26)27)9-17(16)29-2)7-13(10-20)18(23)21-14-5-3-11(4-6-14)19(24)25/h3-9H,1-2H3,(H,21,23)(H,24,25)/b13-7+. The van der Waals surface area contributed by atoms with Gasteiger partial charge in [0.25, 0.3) is 11.6 Å². The molecular weight excluding hydrogens is 382 g/mol. The van der Waals surface area contributed by atoms with Crippen LogP contribution in [-0.4, -0.2) is 36.1 Å². The minimum atomic E-state index is -1.12. The Morgan fingerprint density at radius 2 is 1.76 bits per heavy atom. The van der Waals surface area contributed by atoms with Gasteiger partial charge in [-0.1, -0.05) is 0 Å². The number of ether oxygens (including phenoxy) is 2. The Bertz CT molecular complexity index is 1040. The van der Waals surface area contributed by atoms with Crippen molar-refractivity contribution in [3.63, 3.8) is 0 Å². The van der Waals surface area contributed by atoms with Crippen molar-refractivity contribution in [1.82, 2.24) is 0 Å². The fourth-order valence-electron chi connectivity index (χ4n) is 2.36. The van der Waals surface area contributed by atoms with Gasteiger partial charge in [0.15, 0.2) is 11.5 Å². The number of nitriles is 1. The lowest BCUT2D eigenvalue weighted by Gasteiger charge is -2.09. The Morgan fingerprint density at radius 1 is 1.17 bits per heavy atom. The van der Waals surface area contributed by atoms with Gasteiger partial charge < -0.3 is 19.9 Å². The van der Waals surface area contributed by atoms with Gasteiger partial charge in [0.1, 0.15) is 11.6 Å². The summed E-state index contributed by atoms with van der Waals surface area (Å²) in [6.07, 6.45) is 1.06. The molecule has 2 aromatic carbocycles. The first kappa shape index (κ1) is 20.9. The molecule has 0 fully saturated rings. The van der Waals surface area contributed by atoms with Crippen LogP contribution < -0.4 is 14.8 Å². The molecule has 0 aliphatic heterocycles. The third-order valence-electron chi connectivity index (χ3n) is 3.78. The maximum Gasteiger partial charge on any atom is 0.335 e. The molecule has 10 nitrogen and oxygen atoms in total. The summed E-state index contributed by atoms with van der Waals surface area (Å²) in [5, 5.41) is 32.0. The molecule has 0 atom stereocenters. The van der Waals surface area contributed by atoms with Crippen molar-refractivity contribution in [2.45, 2.75) is 0 Å². The topological polar surface area (TPSA) is 152 Å². The number of anilines is 1. The number of nitro groups is 1. The van der Waals surface area contributed by atoms with Crippen LogP contribution in [-0.2, 0) is 4.79 Å². The molecule has 10 heteroatoms. The Hall–Kier alpha value is -4.39. The quantitative estimate of drug-likeness (QED) is 0.313. The van der Waals surface area contributed by atoms with Gasteiger partial charge in [0.05, 0.1) is 36.3 Å². The predicted octanol–water partition coefficient (Wildman–Crippen LogP) is 2.86. The molecule has 2 rings (SSSR count). The van der Waals surface area contributed by atoms with Crippen LogP contribution in [0.1, 0.15) is 15.9 Å². The van der Waals surface area contributed by atoms with Crippen LogP contribution in [0.25, 0.3) is 6.08 Å². The number of nitrogens with zero attached hydrogens (tertiary/aromatic N) is 2. The fraction of sp³-hybridized carbons (Fsp3) is 0.105. The first-order valence-electron chi connectivity index (χ1n) is 7.97. The van der Waals surface area contributed by atoms with E-state index < -0.39 is 22.4 Å². The maximum absolute atomic E-state index is 12.4. The summed E-state index contributed by atoms with van der Waals surface area (Å²) in [5.74, 6) is -1.63. The molecule has 0 aliphatic carbocycles. The molecule has 0 bridgehead atoms. The fourth-order valence-corrected chi connectivity index (χ4v) is 2.36. The summed E-state index contributed by atoms with van der Waals surface area (Å²) in [6.45, 7) is 0. The van der Waals surface area contributed by atoms with E-state index in [1.165, 1.54) is 44.6 Å².